The topological polar surface area (TPSA) is 69.6 Å². The molecule has 1 fully saturated rings. The fourth-order valence-corrected chi connectivity index (χ4v) is 3.71. The highest BCUT2D eigenvalue weighted by atomic mass is 32.2. The third kappa shape index (κ3) is 4.30. The number of rotatable bonds is 5. The van der Waals surface area contributed by atoms with Crippen molar-refractivity contribution >= 4 is 51.9 Å². The molecule has 0 aromatic heterocycles. The summed E-state index contributed by atoms with van der Waals surface area (Å²) < 4.78 is 0.438. The highest BCUT2D eigenvalue weighted by Gasteiger charge is 2.32. The van der Waals surface area contributed by atoms with Crippen LogP contribution >= 0.6 is 24.0 Å². The first-order valence-electron chi connectivity index (χ1n) is 7.93. The molecule has 0 unspecified atom stereocenters. The zero-order valence-corrected chi connectivity index (χ0v) is 15.3. The molecule has 0 bridgehead atoms. The molecule has 1 aliphatic heterocycles. The summed E-state index contributed by atoms with van der Waals surface area (Å²) in [6, 6.07) is 16.0. The smallest absolute Gasteiger partial charge is 0.266 e. The SMILES string of the molecule is O=C(CCN1C(=O)/C(=C\c2ccccc2)SC1=S)Nc1ccccc1O. The average molecular weight is 384 g/mol. The van der Waals surface area contributed by atoms with E-state index in [1.165, 1.54) is 22.7 Å². The summed E-state index contributed by atoms with van der Waals surface area (Å²) in [5.41, 5.74) is 1.26. The summed E-state index contributed by atoms with van der Waals surface area (Å²) in [6.07, 6.45) is 1.88. The minimum absolute atomic E-state index is 0.00254. The van der Waals surface area contributed by atoms with Crippen LogP contribution in [0.15, 0.2) is 59.5 Å². The molecule has 132 valence electrons. The Morgan fingerprint density at radius 2 is 1.85 bits per heavy atom. The van der Waals surface area contributed by atoms with Gasteiger partial charge in [0.25, 0.3) is 5.91 Å². The van der Waals surface area contributed by atoms with Crippen molar-refractivity contribution in [1.29, 1.82) is 0 Å². The average Bonchev–Trinajstić information content (AvgIpc) is 2.89. The Labute approximate surface area is 160 Å². The van der Waals surface area contributed by atoms with E-state index in [0.717, 1.165) is 5.56 Å². The van der Waals surface area contributed by atoms with Crippen molar-refractivity contribution in [2.24, 2.45) is 0 Å². The van der Waals surface area contributed by atoms with Crippen molar-refractivity contribution in [3.63, 3.8) is 0 Å². The zero-order chi connectivity index (χ0) is 18.5. The molecule has 2 N–H and O–H groups in total. The number of phenols is 1. The Morgan fingerprint density at radius 3 is 2.58 bits per heavy atom. The van der Waals surface area contributed by atoms with Gasteiger partial charge < -0.3 is 10.4 Å². The van der Waals surface area contributed by atoms with E-state index < -0.39 is 0 Å². The Kier molecular flexibility index (Phi) is 5.70. The summed E-state index contributed by atoms with van der Waals surface area (Å²) >= 11 is 6.50. The Bertz CT molecular complexity index is 881. The zero-order valence-electron chi connectivity index (χ0n) is 13.7. The van der Waals surface area contributed by atoms with E-state index in [1.807, 2.05) is 30.3 Å². The van der Waals surface area contributed by atoms with Crippen LogP contribution < -0.4 is 5.32 Å². The predicted octanol–water partition coefficient (Wildman–Crippen LogP) is 3.62. The molecule has 0 atom stereocenters. The number of hydrogen-bond acceptors (Lipinski definition) is 5. The van der Waals surface area contributed by atoms with Gasteiger partial charge in [-0.15, -0.1) is 0 Å². The van der Waals surface area contributed by atoms with Crippen LogP contribution in [0.1, 0.15) is 12.0 Å². The van der Waals surface area contributed by atoms with Crippen LogP contribution in [0.5, 0.6) is 5.75 Å². The van der Waals surface area contributed by atoms with E-state index in [0.29, 0.717) is 14.9 Å². The van der Waals surface area contributed by atoms with Crippen LogP contribution in [0, 0.1) is 0 Å². The first-order valence-corrected chi connectivity index (χ1v) is 9.15. The standard InChI is InChI=1S/C19H16N2O3S2/c22-15-9-5-4-8-14(15)20-17(23)10-11-21-18(24)16(26-19(21)25)12-13-6-2-1-3-7-13/h1-9,12,22H,10-11H2,(H,20,23)/b16-12+. The Morgan fingerprint density at radius 1 is 1.15 bits per heavy atom. The highest BCUT2D eigenvalue weighted by Crippen LogP contribution is 2.32. The maximum atomic E-state index is 12.5. The number of aromatic hydroxyl groups is 1. The number of hydrogen-bond donors (Lipinski definition) is 2. The fraction of sp³-hybridized carbons (Fsp3) is 0.105. The van der Waals surface area contributed by atoms with Gasteiger partial charge >= 0.3 is 0 Å². The van der Waals surface area contributed by atoms with Crippen molar-refractivity contribution < 1.29 is 14.7 Å². The molecule has 3 rings (SSSR count). The minimum atomic E-state index is -0.299. The second kappa shape index (κ2) is 8.16. The molecule has 7 heteroatoms. The number of carbonyl (C=O) groups is 2. The number of thioether (sulfide) groups is 1. The van der Waals surface area contributed by atoms with Crippen LogP contribution in [0.25, 0.3) is 6.08 Å². The van der Waals surface area contributed by atoms with Crippen LogP contribution in [-0.4, -0.2) is 32.7 Å². The molecule has 0 saturated carbocycles. The van der Waals surface area contributed by atoms with Gasteiger partial charge in [0.15, 0.2) is 0 Å². The Hall–Kier alpha value is -2.64. The van der Waals surface area contributed by atoms with Gasteiger partial charge in [0.05, 0.1) is 10.6 Å². The summed E-state index contributed by atoms with van der Waals surface area (Å²) in [5, 5.41) is 12.3. The van der Waals surface area contributed by atoms with Crippen LogP contribution in [0.4, 0.5) is 5.69 Å². The number of benzene rings is 2. The van der Waals surface area contributed by atoms with Crippen molar-refractivity contribution in [3.8, 4) is 5.75 Å². The third-order valence-corrected chi connectivity index (χ3v) is 5.09. The van der Waals surface area contributed by atoms with Gasteiger partial charge in [-0.3, -0.25) is 14.5 Å². The molecule has 0 radical (unpaired) electrons. The number of para-hydroxylation sites is 2. The van der Waals surface area contributed by atoms with E-state index >= 15 is 0 Å². The van der Waals surface area contributed by atoms with Gasteiger partial charge in [-0.05, 0) is 23.8 Å². The van der Waals surface area contributed by atoms with Crippen molar-refractivity contribution in [3.05, 3.63) is 65.1 Å². The van der Waals surface area contributed by atoms with Crippen molar-refractivity contribution in [1.82, 2.24) is 4.90 Å². The van der Waals surface area contributed by atoms with Crippen molar-refractivity contribution in [2.45, 2.75) is 6.42 Å². The normalized spacial score (nSPS) is 15.5. The van der Waals surface area contributed by atoms with Crippen LogP contribution in [0.3, 0.4) is 0 Å². The molecule has 2 aromatic carbocycles. The summed E-state index contributed by atoms with van der Waals surface area (Å²) in [4.78, 5) is 26.6. The Balaban J connectivity index is 1.61. The first-order chi connectivity index (χ1) is 12.5. The molecule has 0 aliphatic carbocycles. The minimum Gasteiger partial charge on any atom is -0.506 e. The van der Waals surface area contributed by atoms with E-state index in [1.54, 1.807) is 24.3 Å². The van der Waals surface area contributed by atoms with Gasteiger partial charge in [0.1, 0.15) is 10.1 Å². The van der Waals surface area contributed by atoms with E-state index in [-0.39, 0.29) is 30.5 Å². The summed E-state index contributed by atoms with van der Waals surface area (Å²) in [7, 11) is 0. The van der Waals surface area contributed by atoms with Gasteiger partial charge in [0, 0.05) is 13.0 Å². The van der Waals surface area contributed by atoms with Crippen LogP contribution in [-0.2, 0) is 9.59 Å². The second-order valence-corrected chi connectivity index (χ2v) is 7.24. The molecule has 5 nitrogen and oxygen atoms in total. The monoisotopic (exact) mass is 384 g/mol. The molecular formula is C19H16N2O3S2. The first kappa shape index (κ1) is 18.2. The number of phenolic OH excluding ortho intramolecular Hbond substituents is 1. The number of anilines is 1. The maximum absolute atomic E-state index is 12.5. The summed E-state index contributed by atoms with van der Waals surface area (Å²) in [6.45, 7) is 0.191. The van der Waals surface area contributed by atoms with Gasteiger partial charge in [-0.1, -0.05) is 66.4 Å². The van der Waals surface area contributed by atoms with Gasteiger partial charge in [0.2, 0.25) is 5.91 Å². The van der Waals surface area contributed by atoms with E-state index in [4.69, 9.17) is 12.2 Å². The number of nitrogens with zero attached hydrogens (tertiary/aromatic N) is 1. The van der Waals surface area contributed by atoms with Crippen LogP contribution in [0.2, 0.25) is 0 Å². The second-order valence-electron chi connectivity index (χ2n) is 5.56. The number of carbonyl (C=O) groups excluding carboxylic acids is 2. The molecule has 1 aliphatic rings. The lowest BCUT2D eigenvalue weighted by Crippen LogP contribution is -2.31. The van der Waals surface area contributed by atoms with E-state index in [2.05, 4.69) is 5.32 Å². The van der Waals surface area contributed by atoms with Crippen molar-refractivity contribution in [2.75, 3.05) is 11.9 Å². The lowest BCUT2D eigenvalue weighted by molar-refractivity contribution is -0.122. The molecular weight excluding hydrogens is 368 g/mol. The lowest BCUT2D eigenvalue weighted by Gasteiger charge is -2.14. The summed E-state index contributed by atoms with van der Waals surface area (Å²) in [5.74, 6) is -0.496. The largest absolute Gasteiger partial charge is 0.506 e. The third-order valence-electron chi connectivity index (χ3n) is 3.71. The molecule has 1 heterocycles. The van der Waals surface area contributed by atoms with Gasteiger partial charge in [-0.2, -0.15) is 0 Å². The number of amides is 2. The molecule has 0 spiro atoms. The predicted molar refractivity (Wildman–Crippen MR) is 108 cm³/mol. The van der Waals surface area contributed by atoms with Gasteiger partial charge in [-0.25, -0.2) is 0 Å². The maximum Gasteiger partial charge on any atom is 0.266 e. The molecule has 1 saturated heterocycles. The van der Waals surface area contributed by atoms with E-state index in [9.17, 15) is 14.7 Å². The highest BCUT2D eigenvalue weighted by molar-refractivity contribution is 8.26. The molecule has 26 heavy (non-hydrogen) atoms. The number of nitrogens with one attached hydrogen (secondary N) is 1. The number of thiocarbonyl (C=S) groups is 1. The quantitative estimate of drug-likeness (QED) is 0.468. The fourth-order valence-electron chi connectivity index (χ4n) is 2.40. The lowest BCUT2D eigenvalue weighted by atomic mass is 10.2. The molecule has 2 amide bonds. The molecule has 2 aromatic rings.